The number of fused-ring (bicyclic) bond motifs is 32. The standard InChI is InChI=1S/C33H26N3.C32H32N3.C22H20N3.C21H18N3/c1-21-12-11-16-24(23-13-5-4-6-14-23)30(21)26-20-22(2)31-32(34-26)25-15-7-8-17-27(25)36-29-19-10-9-18-28(29)35(3)33(31)36;1-19(2)22-13-11-14-23(20(3)4)30(22)25-18-21(5)29-31(33-25)24-12-7-8-15-26(24)35-28-17-10-9-16-27(28)34(6)32(29)35;1-13-8-7-11-18-19(13)21-20(14(2)12-15(3)23-21)22-24(4)16-9-5-6-10-17(16)25(18)22;1-13-7-6-10-17-18(13)20-19(14(2)11-12-22-20)21-23(3)15-8-4-5-9-16(15)24(17)21/h4-20H,1-3H3;7-20H,1-6H3;5-12H,1-4H3;4-12H,1-3H3/q4*+1. The molecule has 584 valence electrons. The molecule has 0 saturated carbocycles. The Morgan fingerprint density at radius 1 is 0.267 bits per heavy atom. The number of hydrogen-bond donors (Lipinski definition) is 0. The summed E-state index contributed by atoms with van der Waals surface area (Å²) in [5.41, 5.74) is 43.3. The molecule has 120 heavy (non-hydrogen) atoms. The van der Waals surface area contributed by atoms with Crippen LogP contribution in [0.4, 0.5) is 0 Å². The lowest BCUT2D eigenvalue weighted by Gasteiger charge is -2.20. The molecule has 0 fully saturated rings. The quantitative estimate of drug-likeness (QED) is 0.127. The van der Waals surface area contributed by atoms with Crippen molar-refractivity contribution in [3.63, 3.8) is 0 Å². The number of aryl methyl sites for hydroxylation is 12. The Labute approximate surface area is 697 Å². The maximum atomic E-state index is 5.46. The number of imidazole rings is 4. The number of benzene rings is 11. The summed E-state index contributed by atoms with van der Waals surface area (Å²) in [4.78, 5) is 20.6. The molecule has 12 aromatic heterocycles. The van der Waals surface area contributed by atoms with Crippen LogP contribution in [-0.2, 0) is 28.2 Å². The van der Waals surface area contributed by atoms with E-state index in [1.807, 2.05) is 6.20 Å². The van der Waals surface area contributed by atoms with E-state index < -0.39 is 0 Å². The van der Waals surface area contributed by atoms with E-state index in [0.717, 1.165) is 39.1 Å². The van der Waals surface area contributed by atoms with Crippen molar-refractivity contribution in [2.75, 3.05) is 0 Å². The number of para-hydroxylation sites is 10. The average molecular weight is 1560 g/mol. The zero-order valence-corrected chi connectivity index (χ0v) is 71.1. The van der Waals surface area contributed by atoms with Gasteiger partial charge in [0.25, 0.3) is 22.6 Å². The third kappa shape index (κ3) is 11.5. The summed E-state index contributed by atoms with van der Waals surface area (Å²) in [6.45, 7) is 26.6. The van der Waals surface area contributed by atoms with Gasteiger partial charge in [-0.2, -0.15) is 17.6 Å². The average Bonchev–Trinajstić information content (AvgIpc) is 1.50. The van der Waals surface area contributed by atoms with E-state index in [1.54, 1.807) is 0 Å². The van der Waals surface area contributed by atoms with Gasteiger partial charge in [-0.25, -0.2) is 28.2 Å². The van der Waals surface area contributed by atoms with Crippen LogP contribution in [-0.4, -0.2) is 37.5 Å². The minimum absolute atomic E-state index is 0.425. The summed E-state index contributed by atoms with van der Waals surface area (Å²) in [6.07, 6.45) is 1.92. The van der Waals surface area contributed by atoms with Gasteiger partial charge in [-0.3, -0.25) is 9.97 Å². The molecule has 23 aromatic rings. The van der Waals surface area contributed by atoms with Gasteiger partial charge < -0.3 is 0 Å². The third-order valence-electron chi connectivity index (χ3n) is 25.4. The summed E-state index contributed by atoms with van der Waals surface area (Å²) in [5, 5.41) is 9.74. The van der Waals surface area contributed by atoms with Crippen LogP contribution in [0.15, 0.2) is 279 Å². The van der Waals surface area contributed by atoms with Crippen molar-refractivity contribution in [1.82, 2.24) is 37.5 Å². The molecule has 12 nitrogen and oxygen atoms in total. The Hall–Kier alpha value is -14.1. The van der Waals surface area contributed by atoms with E-state index in [9.17, 15) is 0 Å². The van der Waals surface area contributed by atoms with Crippen LogP contribution in [0, 0.1) is 55.4 Å². The van der Waals surface area contributed by atoms with Gasteiger partial charge in [-0.05, 0) is 238 Å². The minimum atomic E-state index is 0.425. The highest BCUT2D eigenvalue weighted by Gasteiger charge is 2.32. The van der Waals surface area contributed by atoms with Crippen LogP contribution in [0.2, 0.25) is 0 Å². The highest BCUT2D eigenvalue weighted by molar-refractivity contribution is 6.17. The molecule has 0 aliphatic heterocycles. The van der Waals surface area contributed by atoms with Gasteiger partial charge in [0.1, 0.15) is 22.1 Å². The second-order valence-electron chi connectivity index (χ2n) is 33.5. The minimum Gasteiger partial charge on any atom is -0.255 e. The van der Waals surface area contributed by atoms with Crippen molar-refractivity contribution in [2.24, 2.45) is 28.2 Å². The largest absolute Gasteiger partial charge is 0.297 e. The highest BCUT2D eigenvalue weighted by Crippen LogP contribution is 2.44. The monoisotopic (exact) mass is 1560 g/mol. The van der Waals surface area contributed by atoms with E-state index in [4.69, 9.17) is 19.9 Å². The van der Waals surface area contributed by atoms with E-state index in [-0.39, 0.29) is 0 Å². The molecular weight excluding hydrogens is 1470 g/mol. The summed E-state index contributed by atoms with van der Waals surface area (Å²) in [5.74, 6) is 0.851. The Morgan fingerprint density at radius 2 is 0.608 bits per heavy atom. The van der Waals surface area contributed by atoms with Gasteiger partial charge in [-0.1, -0.05) is 191 Å². The first-order valence-electron chi connectivity index (χ1n) is 41.9. The molecule has 0 unspecified atom stereocenters. The summed E-state index contributed by atoms with van der Waals surface area (Å²) < 4.78 is 18.8. The number of rotatable bonds is 5. The van der Waals surface area contributed by atoms with Gasteiger partial charge in [0, 0.05) is 33.8 Å². The van der Waals surface area contributed by atoms with Crippen molar-refractivity contribution < 1.29 is 18.3 Å². The van der Waals surface area contributed by atoms with Gasteiger partial charge in [0.15, 0.2) is 44.1 Å². The lowest BCUT2D eigenvalue weighted by molar-refractivity contribution is -0.617. The third-order valence-corrected chi connectivity index (χ3v) is 25.4. The molecule has 23 rings (SSSR count). The Kier molecular flexibility index (Phi) is 18.0. The molecule has 0 amide bonds. The first kappa shape index (κ1) is 74.7. The second kappa shape index (κ2) is 28.9. The van der Waals surface area contributed by atoms with Gasteiger partial charge >= 0.3 is 0 Å². The molecule has 12 heteroatoms. The molecule has 0 N–H and O–H groups in total. The highest BCUT2D eigenvalue weighted by atomic mass is 15.1. The fourth-order valence-electron chi connectivity index (χ4n) is 20.0. The predicted molar refractivity (Wildman–Crippen MR) is 498 cm³/mol. The van der Waals surface area contributed by atoms with Crippen molar-refractivity contribution >= 4 is 154 Å². The molecule has 0 atom stereocenters. The number of nitrogens with zero attached hydrogens (tertiary/aromatic N) is 12. The lowest BCUT2D eigenvalue weighted by Crippen LogP contribution is -2.27. The molecule has 0 bridgehead atoms. The van der Waals surface area contributed by atoms with Crippen molar-refractivity contribution in [1.29, 1.82) is 0 Å². The lowest BCUT2D eigenvalue weighted by atomic mass is 9.86. The normalized spacial score (nSPS) is 12.0. The molecule has 0 saturated heterocycles. The maximum Gasteiger partial charge on any atom is 0.297 e. The first-order valence-corrected chi connectivity index (χ1v) is 41.9. The van der Waals surface area contributed by atoms with Crippen molar-refractivity contribution in [3.8, 4) is 33.6 Å². The van der Waals surface area contributed by atoms with Crippen LogP contribution in [0.5, 0.6) is 0 Å². The van der Waals surface area contributed by atoms with Gasteiger partial charge in [0.2, 0.25) is 0 Å². The van der Waals surface area contributed by atoms with E-state index in [0.29, 0.717) is 11.8 Å². The molecule has 0 aliphatic rings. The van der Waals surface area contributed by atoms with Gasteiger partial charge in [0.05, 0.1) is 94.0 Å². The zero-order chi connectivity index (χ0) is 82.5. The second-order valence-corrected chi connectivity index (χ2v) is 33.5. The topological polar surface area (TPSA) is 84.7 Å². The molecule has 12 heterocycles. The summed E-state index contributed by atoms with van der Waals surface area (Å²) >= 11 is 0. The number of aromatic nitrogens is 12. The molecule has 11 aromatic carbocycles. The summed E-state index contributed by atoms with van der Waals surface area (Å²) in [6, 6.07) is 97.6. The van der Waals surface area contributed by atoms with Crippen molar-refractivity contribution in [3.05, 3.63) is 335 Å². The van der Waals surface area contributed by atoms with E-state index in [1.165, 1.54) is 204 Å². The number of hydrogen-bond acceptors (Lipinski definition) is 4. The fraction of sp³-hybridized carbons (Fsp3) is 0.167. The van der Waals surface area contributed by atoms with E-state index >= 15 is 0 Å². The Bertz CT molecular complexity index is 8230. The van der Waals surface area contributed by atoms with Gasteiger partial charge in [-0.15, -0.1) is 0 Å². The Morgan fingerprint density at radius 3 is 1.07 bits per heavy atom. The predicted octanol–water partition coefficient (Wildman–Crippen LogP) is 24.2. The van der Waals surface area contributed by atoms with Crippen LogP contribution in [0.1, 0.15) is 95.3 Å². The van der Waals surface area contributed by atoms with Crippen LogP contribution < -0.4 is 18.3 Å². The SMILES string of the molecule is Cc1cc(-c2c(C(C)C)cccc2C(C)C)nc2c3ccccc3n3c4ccccc4[n+](C)c3c12.Cc1cc(C)c2c(n1)c1c(C)cccc1n1c3ccccc3[n+](C)c21.Cc1cccc(-c2ccccc2)c1-c1cc(C)c2c(n1)c1ccccc1n1c3ccccc3[n+](C)c21.Cc1cccc2c1c1nccc(C)c1c1n2c2ccccc2[n+]1C. The zero-order valence-electron chi connectivity index (χ0n) is 71.1. The maximum absolute atomic E-state index is 5.46. The first-order chi connectivity index (χ1) is 58.3. The molecule has 0 aliphatic carbocycles. The molecule has 0 spiro atoms. The van der Waals surface area contributed by atoms with E-state index in [2.05, 4.69) is 420 Å². The number of pyridine rings is 8. The van der Waals surface area contributed by atoms with Crippen LogP contribution in [0.25, 0.3) is 188 Å². The molecule has 0 radical (unpaired) electrons. The van der Waals surface area contributed by atoms with Crippen LogP contribution >= 0.6 is 0 Å². The Balaban J connectivity index is 0.000000104. The smallest absolute Gasteiger partial charge is 0.255 e. The van der Waals surface area contributed by atoms with Crippen molar-refractivity contribution in [2.45, 2.75) is 94.9 Å². The summed E-state index contributed by atoms with van der Waals surface area (Å²) in [7, 11) is 8.63. The van der Waals surface area contributed by atoms with Crippen LogP contribution in [0.3, 0.4) is 0 Å². The fourth-order valence-corrected chi connectivity index (χ4v) is 20.0. The molecular formula is C108H96N12+4.